The zero-order valence-electron chi connectivity index (χ0n) is 11.5. The van der Waals surface area contributed by atoms with E-state index in [4.69, 9.17) is 0 Å². The third-order valence-corrected chi connectivity index (χ3v) is 4.20. The number of hydrogen-bond donors (Lipinski definition) is 1. The summed E-state index contributed by atoms with van der Waals surface area (Å²) in [7, 11) is 0. The fourth-order valence-corrected chi connectivity index (χ4v) is 3.14. The van der Waals surface area contributed by atoms with Crippen molar-refractivity contribution in [3.63, 3.8) is 0 Å². The van der Waals surface area contributed by atoms with Gasteiger partial charge in [-0.1, -0.05) is 12.1 Å². The van der Waals surface area contributed by atoms with Gasteiger partial charge in [-0.15, -0.1) is 12.4 Å². The molecule has 1 atom stereocenters. The fraction of sp³-hybridized carbons (Fsp3) is 0.571. The van der Waals surface area contributed by atoms with Gasteiger partial charge in [0.2, 0.25) is 0 Å². The van der Waals surface area contributed by atoms with Crippen molar-refractivity contribution >= 4 is 35.0 Å². The first-order valence-electron chi connectivity index (χ1n) is 6.73. The minimum Gasteiger partial charge on any atom is -0.314 e. The number of halogens is 5. The van der Waals surface area contributed by atoms with Gasteiger partial charge in [-0.25, -0.2) is 0 Å². The van der Waals surface area contributed by atoms with E-state index in [-0.39, 0.29) is 24.9 Å². The summed E-state index contributed by atoms with van der Waals surface area (Å²) in [5.41, 5.74) is 0.989. The average Bonchev–Trinajstić information content (AvgIpc) is 2.39. The third kappa shape index (κ3) is 6.30. The van der Waals surface area contributed by atoms with Crippen molar-refractivity contribution in [3.05, 3.63) is 33.4 Å². The highest BCUT2D eigenvalue weighted by atomic mass is 127. The van der Waals surface area contributed by atoms with Crippen LogP contribution in [0.3, 0.4) is 0 Å². The van der Waals surface area contributed by atoms with Crippen molar-refractivity contribution < 1.29 is 13.2 Å². The monoisotopic (exact) mass is 434 g/mol. The lowest BCUT2D eigenvalue weighted by molar-refractivity contribution is -0.138. The summed E-state index contributed by atoms with van der Waals surface area (Å²) >= 11 is 2.20. The van der Waals surface area contributed by atoms with Crippen LogP contribution < -0.4 is 5.32 Å². The van der Waals surface area contributed by atoms with Gasteiger partial charge in [0.25, 0.3) is 0 Å². The van der Waals surface area contributed by atoms with Gasteiger partial charge in [0, 0.05) is 42.2 Å². The van der Waals surface area contributed by atoms with E-state index in [0.717, 1.165) is 35.3 Å². The van der Waals surface area contributed by atoms with Crippen LogP contribution in [0.1, 0.15) is 24.4 Å². The second-order valence-corrected chi connectivity index (χ2v) is 6.26. The van der Waals surface area contributed by atoms with Crippen molar-refractivity contribution in [2.45, 2.75) is 25.1 Å². The van der Waals surface area contributed by atoms with Crippen LogP contribution >= 0.6 is 35.0 Å². The molecule has 0 radical (unpaired) electrons. The summed E-state index contributed by atoms with van der Waals surface area (Å²) in [4.78, 5) is 2.16. The van der Waals surface area contributed by atoms with E-state index in [2.05, 4.69) is 32.8 Å². The molecule has 1 N–H and O–H groups in total. The zero-order valence-corrected chi connectivity index (χ0v) is 14.5. The smallest absolute Gasteiger partial charge is 0.314 e. The van der Waals surface area contributed by atoms with Crippen LogP contribution in [0.4, 0.5) is 13.2 Å². The molecule has 0 aromatic heterocycles. The Labute approximate surface area is 143 Å². The van der Waals surface area contributed by atoms with Crippen LogP contribution in [0.15, 0.2) is 24.3 Å². The predicted octanol–water partition coefficient (Wildman–Crippen LogP) is 4.00. The quantitative estimate of drug-likeness (QED) is 0.721. The first kappa shape index (κ1) is 19.0. The highest BCUT2D eigenvalue weighted by Gasteiger charge is 2.31. The molecule has 2 rings (SSSR count). The predicted molar refractivity (Wildman–Crippen MR) is 88.9 cm³/mol. The van der Waals surface area contributed by atoms with E-state index >= 15 is 0 Å². The maximum atomic E-state index is 12.5. The Kier molecular flexibility index (Phi) is 7.73. The molecule has 1 aliphatic rings. The highest BCUT2D eigenvalue weighted by molar-refractivity contribution is 14.1. The first-order valence-corrected chi connectivity index (χ1v) is 7.80. The van der Waals surface area contributed by atoms with Crippen molar-refractivity contribution in [1.82, 2.24) is 10.2 Å². The van der Waals surface area contributed by atoms with Crippen molar-refractivity contribution in [1.29, 1.82) is 0 Å². The summed E-state index contributed by atoms with van der Waals surface area (Å²) in [5, 5.41) is 3.24. The second kappa shape index (κ2) is 8.55. The third-order valence-electron chi connectivity index (χ3n) is 3.53. The summed E-state index contributed by atoms with van der Waals surface area (Å²) < 4.78 is 38.7. The molecular formula is C14H19ClF3IN2. The van der Waals surface area contributed by atoms with Crippen LogP contribution in [0.2, 0.25) is 0 Å². The molecule has 0 saturated carbocycles. The number of alkyl halides is 3. The number of nitrogens with zero attached hydrogens (tertiary/aromatic N) is 1. The van der Waals surface area contributed by atoms with Crippen molar-refractivity contribution in [2.75, 3.05) is 26.2 Å². The Balaban J connectivity index is 0.00000220. The molecule has 21 heavy (non-hydrogen) atoms. The summed E-state index contributed by atoms with van der Waals surface area (Å²) in [5.74, 6) is 0. The van der Waals surface area contributed by atoms with Crippen molar-refractivity contribution in [3.8, 4) is 0 Å². The molecule has 1 aromatic rings. The lowest BCUT2D eigenvalue weighted by Gasteiger charge is -2.35. The van der Waals surface area contributed by atoms with E-state index in [1.165, 1.54) is 0 Å². The summed E-state index contributed by atoms with van der Waals surface area (Å²) in [6.07, 6.45) is -4.69. The Morgan fingerprint density at radius 1 is 1.24 bits per heavy atom. The molecule has 1 saturated heterocycles. The molecule has 2 nitrogen and oxygen atoms in total. The largest absolute Gasteiger partial charge is 0.389 e. The Morgan fingerprint density at radius 2 is 1.90 bits per heavy atom. The molecule has 1 aliphatic heterocycles. The number of benzene rings is 1. The topological polar surface area (TPSA) is 15.3 Å². The molecule has 0 spiro atoms. The maximum Gasteiger partial charge on any atom is 0.389 e. The normalized spacial score (nSPS) is 18.1. The van der Waals surface area contributed by atoms with Gasteiger partial charge in [0.15, 0.2) is 0 Å². The molecule has 1 aromatic carbocycles. The number of piperazine rings is 1. The average molecular weight is 435 g/mol. The number of hydrogen-bond acceptors (Lipinski definition) is 2. The van der Waals surface area contributed by atoms with Gasteiger partial charge in [0.1, 0.15) is 0 Å². The van der Waals surface area contributed by atoms with E-state index < -0.39 is 12.6 Å². The fourth-order valence-electron chi connectivity index (χ4n) is 2.57. The molecule has 1 fully saturated rings. The molecule has 0 bridgehead atoms. The van der Waals surface area contributed by atoms with E-state index in [9.17, 15) is 13.2 Å². The van der Waals surface area contributed by atoms with E-state index in [1.807, 2.05) is 24.3 Å². The van der Waals surface area contributed by atoms with Crippen LogP contribution in [0.25, 0.3) is 0 Å². The van der Waals surface area contributed by atoms with Crippen LogP contribution in [0, 0.1) is 3.57 Å². The van der Waals surface area contributed by atoms with Gasteiger partial charge in [-0.2, -0.15) is 13.2 Å². The minimum atomic E-state index is -4.09. The number of rotatable bonds is 4. The lowest BCUT2D eigenvalue weighted by Crippen LogP contribution is -2.45. The van der Waals surface area contributed by atoms with Gasteiger partial charge in [-0.3, -0.25) is 4.90 Å². The van der Waals surface area contributed by atoms with Crippen LogP contribution in [-0.4, -0.2) is 37.3 Å². The number of nitrogens with one attached hydrogen (secondary N) is 1. The van der Waals surface area contributed by atoms with E-state index in [1.54, 1.807) is 0 Å². The van der Waals surface area contributed by atoms with Gasteiger partial charge in [-0.05, 0) is 46.7 Å². The molecule has 1 heterocycles. The van der Waals surface area contributed by atoms with Crippen LogP contribution in [-0.2, 0) is 0 Å². The maximum absolute atomic E-state index is 12.5. The van der Waals surface area contributed by atoms with Gasteiger partial charge >= 0.3 is 6.18 Å². The Morgan fingerprint density at radius 3 is 2.48 bits per heavy atom. The zero-order chi connectivity index (χ0) is 14.6. The highest BCUT2D eigenvalue weighted by Crippen LogP contribution is 2.32. The Hall–Kier alpha value is -0.0500. The molecule has 120 valence electrons. The molecule has 0 aliphatic carbocycles. The van der Waals surface area contributed by atoms with Crippen molar-refractivity contribution in [2.24, 2.45) is 0 Å². The Bertz CT molecular complexity index is 436. The lowest BCUT2D eigenvalue weighted by atomic mass is 9.99. The van der Waals surface area contributed by atoms with Gasteiger partial charge < -0.3 is 5.32 Å². The van der Waals surface area contributed by atoms with Crippen LogP contribution in [0.5, 0.6) is 0 Å². The minimum absolute atomic E-state index is 0. The first-order chi connectivity index (χ1) is 9.46. The standard InChI is InChI=1S/C14H18F3IN2.ClH/c15-14(16,17)5-4-13(20-8-6-19-7-9-20)11-2-1-3-12(18)10-11;/h1-3,10,13,19H,4-9H2;1H/t13-;/m1./s1. The second-order valence-electron chi connectivity index (χ2n) is 5.01. The molecule has 0 unspecified atom stereocenters. The summed E-state index contributed by atoms with van der Waals surface area (Å²) in [6, 6.07) is 7.66. The molecule has 7 heteroatoms. The van der Waals surface area contributed by atoms with Gasteiger partial charge in [0.05, 0.1) is 0 Å². The molecule has 0 amide bonds. The SMILES string of the molecule is Cl.FC(F)(F)CC[C@H](c1cccc(I)c1)N1CCNCC1. The van der Waals surface area contributed by atoms with E-state index in [0.29, 0.717) is 0 Å². The summed E-state index contributed by atoms with van der Waals surface area (Å²) in [6.45, 7) is 3.28. The molecular weight excluding hydrogens is 416 g/mol.